The molecule has 0 radical (unpaired) electrons. The fraction of sp³-hybridized carbons (Fsp3) is 0.286. The third kappa shape index (κ3) is 5.85. The maximum Gasteiger partial charge on any atom is 0.337 e. The van der Waals surface area contributed by atoms with Crippen LogP contribution in [-0.2, 0) is 9.53 Å². The fourth-order valence-corrected chi connectivity index (χ4v) is 5.81. The lowest BCUT2D eigenvalue weighted by Crippen LogP contribution is -2.39. The van der Waals surface area contributed by atoms with Gasteiger partial charge in [0.2, 0.25) is 0 Å². The Labute approximate surface area is 247 Å². The van der Waals surface area contributed by atoms with Crippen LogP contribution < -0.4 is 33.8 Å². The van der Waals surface area contributed by atoms with E-state index in [2.05, 4.69) is 27.6 Å². The van der Waals surface area contributed by atoms with E-state index in [9.17, 15) is 9.59 Å². The van der Waals surface area contributed by atoms with Crippen molar-refractivity contribution in [3.63, 3.8) is 0 Å². The number of fused-ring (bicyclic) bond motifs is 1. The molecule has 0 saturated heterocycles. The molecule has 1 aromatic heterocycles. The van der Waals surface area contributed by atoms with Crippen molar-refractivity contribution in [2.75, 3.05) is 34.0 Å². The molecule has 208 valence electrons. The second kappa shape index (κ2) is 13.0. The number of halogens is 1. The number of benzene rings is 2. The van der Waals surface area contributed by atoms with E-state index >= 15 is 0 Å². The molecular weight excluding hydrogens is 649 g/mol. The SMILES string of the molecule is CCOc1ccc([C@@H]2C(C(=O)OC)=CN=c3s/c(=C/c4cc(I)cc(OC)c4OCC#N)c(=O)n32)cc1OCC. The summed E-state index contributed by atoms with van der Waals surface area (Å²) in [5.41, 5.74) is 1.02. The highest BCUT2D eigenvalue weighted by molar-refractivity contribution is 14.1. The lowest BCUT2D eigenvalue weighted by molar-refractivity contribution is -0.136. The highest BCUT2D eigenvalue weighted by Gasteiger charge is 2.31. The Hall–Kier alpha value is -3.83. The van der Waals surface area contributed by atoms with E-state index in [0.29, 0.717) is 56.7 Å². The van der Waals surface area contributed by atoms with Crippen LogP contribution in [0.5, 0.6) is 23.0 Å². The summed E-state index contributed by atoms with van der Waals surface area (Å²) in [5, 5.41) is 9.06. The predicted octanol–water partition coefficient (Wildman–Crippen LogP) is 3.33. The van der Waals surface area contributed by atoms with Gasteiger partial charge in [0.25, 0.3) is 5.56 Å². The highest BCUT2D eigenvalue weighted by atomic mass is 127. The van der Waals surface area contributed by atoms with E-state index in [-0.39, 0.29) is 17.7 Å². The van der Waals surface area contributed by atoms with Gasteiger partial charge in [-0.15, -0.1) is 0 Å². The minimum Gasteiger partial charge on any atom is -0.493 e. The van der Waals surface area contributed by atoms with Gasteiger partial charge in [0.15, 0.2) is 34.4 Å². The van der Waals surface area contributed by atoms with E-state index in [4.69, 9.17) is 28.9 Å². The van der Waals surface area contributed by atoms with Crippen LogP contribution in [0.4, 0.5) is 0 Å². The van der Waals surface area contributed by atoms with E-state index < -0.39 is 12.0 Å². The van der Waals surface area contributed by atoms with E-state index in [1.165, 1.54) is 36.3 Å². The number of aromatic nitrogens is 1. The molecule has 0 fully saturated rings. The Bertz CT molecular complexity index is 1690. The summed E-state index contributed by atoms with van der Waals surface area (Å²) >= 11 is 3.31. The van der Waals surface area contributed by atoms with Crippen molar-refractivity contribution in [1.82, 2.24) is 4.57 Å². The molecule has 3 aromatic rings. The van der Waals surface area contributed by atoms with Crippen LogP contribution in [0.1, 0.15) is 31.0 Å². The molecule has 0 N–H and O–H groups in total. The molecule has 0 spiro atoms. The molecule has 0 saturated carbocycles. The number of methoxy groups -OCH3 is 2. The molecule has 12 heteroatoms. The van der Waals surface area contributed by atoms with Gasteiger partial charge >= 0.3 is 5.97 Å². The number of carbonyl (C=O) groups excluding carboxylic acids is 1. The van der Waals surface area contributed by atoms with E-state index in [0.717, 1.165) is 3.57 Å². The van der Waals surface area contributed by atoms with E-state index in [1.54, 1.807) is 30.3 Å². The molecular formula is C28H26IN3O7S. The molecule has 2 heterocycles. The van der Waals surface area contributed by atoms with Crippen LogP contribution in [-0.4, -0.2) is 44.6 Å². The summed E-state index contributed by atoms with van der Waals surface area (Å²) in [4.78, 5) is 31.6. The normalized spacial score (nSPS) is 14.3. The largest absolute Gasteiger partial charge is 0.493 e. The Morgan fingerprint density at radius 2 is 1.88 bits per heavy atom. The lowest BCUT2D eigenvalue weighted by atomic mass is 9.97. The summed E-state index contributed by atoms with van der Waals surface area (Å²) < 4.78 is 30.3. The molecule has 0 unspecified atom stereocenters. The van der Waals surface area contributed by atoms with Gasteiger partial charge < -0.3 is 23.7 Å². The highest BCUT2D eigenvalue weighted by Crippen LogP contribution is 2.36. The average Bonchev–Trinajstić information content (AvgIpc) is 3.27. The average molecular weight is 676 g/mol. The number of carbonyl (C=O) groups is 1. The molecule has 10 nitrogen and oxygen atoms in total. The first-order valence-electron chi connectivity index (χ1n) is 12.2. The van der Waals surface area contributed by atoms with Gasteiger partial charge in [-0.3, -0.25) is 9.36 Å². The number of ether oxygens (including phenoxy) is 5. The zero-order chi connectivity index (χ0) is 28.8. The second-order valence-corrected chi connectivity index (χ2v) is 10.5. The van der Waals surface area contributed by atoms with Crippen molar-refractivity contribution >= 4 is 46.0 Å². The maximum absolute atomic E-state index is 13.9. The number of esters is 1. The maximum atomic E-state index is 13.9. The molecule has 0 amide bonds. The Morgan fingerprint density at radius 3 is 2.55 bits per heavy atom. The number of thiazole rings is 1. The van der Waals surface area contributed by atoms with Gasteiger partial charge in [-0.25, -0.2) is 9.79 Å². The summed E-state index contributed by atoms with van der Waals surface area (Å²) in [6.07, 6.45) is 3.10. The van der Waals surface area contributed by atoms with Gasteiger partial charge in [0.05, 0.1) is 43.6 Å². The number of hydrogen-bond acceptors (Lipinski definition) is 10. The second-order valence-electron chi connectivity index (χ2n) is 8.22. The smallest absolute Gasteiger partial charge is 0.337 e. The molecule has 40 heavy (non-hydrogen) atoms. The van der Waals surface area contributed by atoms with Gasteiger partial charge in [0, 0.05) is 15.3 Å². The number of nitriles is 1. The molecule has 4 rings (SSSR count). The Balaban J connectivity index is 1.94. The molecule has 1 aliphatic rings. The summed E-state index contributed by atoms with van der Waals surface area (Å²) in [6, 6.07) is 10.0. The van der Waals surface area contributed by atoms with Gasteiger partial charge in [0.1, 0.15) is 6.07 Å². The zero-order valence-electron chi connectivity index (χ0n) is 22.2. The predicted molar refractivity (Wildman–Crippen MR) is 157 cm³/mol. The van der Waals surface area contributed by atoms with Gasteiger partial charge in [-0.1, -0.05) is 17.4 Å². The molecule has 0 aliphatic carbocycles. The summed E-state index contributed by atoms with van der Waals surface area (Å²) in [5.74, 6) is 1.22. The molecule has 0 bridgehead atoms. The minimum atomic E-state index is -0.819. The standard InChI is InChI=1S/C28H26IN3O7S/c1-5-37-20-8-7-16(12-21(20)38-6-2)24-19(27(34)36-4)15-31-28-32(24)26(33)23(40-28)13-17-11-18(29)14-22(35-3)25(17)39-10-9-30/h7-8,11-15,24H,5-6,10H2,1-4H3/b23-13+/t24-/m1/s1. The van der Waals surface area contributed by atoms with Crippen LogP contribution >= 0.6 is 33.9 Å². The molecule has 1 atom stereocenters. The lowest BCUT2D eigenvalue weighted by Gasteiger charge is -2.23. The number of rotatable bonds is 10. The third-order valence-corrected chi connectivity index (χ3v) is 7.46. The Kier molecular flexibility index (Phi) is 9.49. The van der Waals surface area contributed by atoms with Crippen LogP contribution in [0.2, 0.25) is 0 Å². The zero-order valence-corrected chi connectivity index (χ0v) is 25.2. The van der Waals surface area contributed by atoms with Crippen molar-refractivity contribution in [3.05, 3.63) is 76.5 Å². The van der Waals surface area contributed by atoms with E-state index in [1.807, 2.05) is 26.0 Å². The van der Waals surface area contributed by atoms with Crippen molar-refractivity contribution in [3.8, 4) is 29.1 Å². The van der Waals surface area contributed by atoms with Crippen molar-refractivity contribution in [2.45, 2.75) is 19.9 Å². The van der Waals surface area contributed by atoms with Gasteiger partial charge in [-0.2, -0.15) is 5.26 Å². The van der Waals surface area contributed by atoms with Crippen molar-refractivity contribution in [1.29, 1.82) is 5.26 Å². The third-order valence-electron chi connectivity index (χ3n) is 5.84. The quantitative estimate of drug-likeness (QED) is 0.237. The first kappa shape index (κ1) is 29.2. The van der Waals surface area contributed by atoms with Crippen molar-refractivity contribution < 1.29 is 28.5 Å². The summed E-state index contributed by atoms with van der Waals surface area (Å²) in [6.45, 7) is 4.40. The van der Waals surface area contributed by atoms with Crippen LogP contribution in [0.25, 0.3) is 6.08 Å². The number of nitrogens with zero attached hydrogens (tertiary/aromatic N) is 3. The van der Waals surface area contributed by atoms with Crippen LogP contribution in [0, 0.1) is 14.9 Å². The molecule has 2 aromatic carbocycles. The first-order valence-corrected chi connectivity index (χ1v) is 14.1. The topological polar surface area (TPSA) is 121 Å². The van der Waals surface area contributed by atoms with Crippen LogP contribution in [0.3, 0.4) is 0 Å². The van der Waals surface area contributed by atoms with Crippen molar-refractivity contribution in [2.24, 2.45) is 4.99 Å². The minimum absolute atomic E-state index is 0.193. The number of hydrogen-bond donors (Lipinski definition) is 0. The van der Waals surface area contributed by atoms with Crippen LogP contribution in [0.15, 0.2) is 51.9 Å². The summed E-state index contributed by atoms with van der Waals surface area (Å²) in [7, 11) is 2.78. The fourth-order valence-electron chi connectivity index (χ4n) is 4.24. The molecule has 1 aliphatic heterocycles. The first-order chi connectivity index (χ1) is 19.4. The Morgan fingerprint density at radius 1 is 1.12 bits per heavy atom. The van der Waals surface area contributed by atoms with Gasteiger partial charge in [-0.05, 0) is 72.3 Å². The monoisotopic (exact) mass is 675 g/mol.